The van der Waals surface area contributed by atoms with Gasteiger partial charge in [0.25, 0.3) is 5.91 Å². The summed E-state index contributed by atoms with van der Waals surface area (Å²) in [7, 11) is 0. The molecule has 0 aliphatic heterocycles. The minimum Gasteiger partial charge on any atom is -0.276 e. The highest BCUT2D eigenvalue weighted by Gasteiger charge is 2.19. The minimum atomic E-state index is -0.124. The number of benzene rings is 3. The van der Waals surface area contributed by atoms with Gasteiger partial charge in [0.05, 0.1) is 21.8 Å². The van der Waals surface area contributed by atoms with E-state index in [1.165, 1.54) is 0 Å². The number of nitrogens with zero attached hydrogens (tertiary/aromatic N) is 1. The maximum atomic E-state index is 13.2. The van der Waals surface area contributed by atoms with E-state index >= 15 is 0 Å². The summed E-state index contributed by atoms with van der Waals surface area (Å²) in [6.45, 7) is 0. The lowest BCUT2D eigenvalue weighted by molar-refractivity contribution is 0.0967. The lowest BCUT2D eigenvalue weighted by Gasteiger charge is -2.11. The molecule has 0 radical (unpaired) electrons. The van der Waals surface area contributed by atoms with Crippen LogP contribution in [0.1, 0.15) is 10.4 Å². The summed E-state index contributed by atoms with van der Waals surface area (Å²) < 4.78 is 1.74. The van der Waals surface area contributed by atoms with Gasteiger partial charge in [-0.3, -0.25) is 9.36 Å². The van der Waals surface area contributed by atoms with E-state index in [0.717, 1.165) is 22.2 Å². The summed E-state index contributed by atoms with van der Waals surface area (Å²) in [5.74, 6) is -0.124. The quantitative estimate of drug-likeness (QED) is 0.465. The van der Waals surface area contributed by atoms with E-state index in [2.05, 4.69) is 0 Å². The first-order valence-electron chi connectivity index (χ1n) is 7.71. The Kier molecular flexibility index (Phi) is 3.68. The van der Waals surface area contributed by atoms with E-state index in [0.29, 0.717) is 10.6 Å². The highest BCUT2D eigenvalue weighted by Crippen LogP contribution is 2.30. The number of hydrogen-bond donors (Lipinski definition) is 0. The van der Waals surface area contributed by atoms with Crippen LogP contribution in [-0.2, 0) is 0 Å². The normalized spacial score (nSPS) is 10.9. The van der Waals surface area contributed by atoms with E-state index in [9.17, 15) is 4.79 Å². The topological polar surface area (TPSA) is 22.0 Å². The summed E-state index contributed by atoms with van der Waals surface area (Å²) >= 11 is 6.25. The first-order chi connectivity index (χ1) is 11.8. The summed E-state index contributed by atoms with van der Waals surface area (Å²) in [4.78, 5) is 13.2. The number of aromatic nitrogens is 1. The molecule has 0 spiro atoms. The Morgan fingerprint density at radius 1 is 0.792 bits per heavy atom. The van der Waals surface area contributed by atoms with E-state index in [-0.39, 0.29) is 5.91 Å². The lowest BCUT2D eigenvalue weighted by atomic mass is 10.1. The third kappa shape index (κ3) is 2.41. The molecule has 1 heterocycles. The van der Waals surface area contributed by atoms with Gasteiger partial charge in [-0.15, -0.1) is 0 Å². The Morgan fingerprint density at radius 2 is 1.46 bits per heavy atom. The Bertz CT molecular complexity index is 1030. The summed E-state index contributed by atoms with van der Waals surface area (Å²) in [6.07, 6.45) is 0. The Balaban J connectivity index is 2.00. The zero-order chi connectivity index (χ0) is 16.5. The molecule has 0 aliphatic carbocycles. The average molecular weight is 332 g/mol. The van der Waals surface area contributed by atoms with Crippen LogP contribution in [0.4, 0.5) is 0 Å². The smallest absolute Gasteiger partial charge is 0.264 e. The predicted octanol–water partition coefficient (Wildman–Crippen LogP) is 5.65. The monoisotopic (exact) mass is 331 g/mol. The highest BCUT2D eigenvalue weighted by atomic mass is 35.5. The SMILES string of the molecule is O=C(c1ccccc1Cl)n1c(-c2ccccc2)cc2ccccc21. The molecule has 4 rings (SSSR count). The van der Waals surface area contributed by atoms with Gasteiger partial charge in [0.15, 0.2) is 0 Å². The predicted molar refractivity (Wildman–Crippen MR) is 98.6 cm³/mol. The Morgan fingerprint density at radius 3 is 2.25 bits per heavy atom. The molecule has 0 unspecified atom stereocenters. The Hall–Kier alpha value is -2.84. The summed E-state index contributed by atoms with van der Waals surface area (Å²) in [5.41, 5.74) is 3.23. The maximum Gasteiger partial charge on any atom is 0.264 e. The van der Waals surface area contributed by atoms with Crippen LogP contribution in [0, 0.1) is 0 Å². The van der Waals surface area contributed by atoms with Crippen molar-refractivity contribution in [1.82, 2.24) is 4.57 Å². The molecule has 116 valence electrons. The molecule has 0 atom stereocenters. The fourth-order valence-electron chi connectivity index (χ4n) is 2.95. The van der Waals surface area contributed by atoms with Crippen LogP contribution in [0.2, 0.25) is 5.02 Å². The number of para-hydroxylation sites is 1. The molecule has 0 saturated heterocycles. The van der Waals surface area contributed by atoms with Gasteiger partial charge < -0.3 is 0 Å². The van der Waals surface area contributed by atoms with Crippen molar-refractivity contribution in [3.05, 3.63) is 95.5 Å². The first-order valence-corrected chi connectivity index (χ1v) is 8.08. The molecule has 4 aromatic rings. The zero-order valence-electron chi connectivity index (χ0n) is 12.8. The van der Waals surface area contributed by atoms with E-state index in [1.54, 1.807) is 16.7 Å². The van der Waals surface area contributed by atoms with Crippen molar-refractivity contribution in [2.75, 3.05) is 0 Å². The van der Waals surface area contributed by atoms with Crippen molar-refractivity contribution in [1.29, 1.82) is 0 Å². The highest BCUT2D eigenvalue weighted by molar-refractivity contribution is 6.34. The Labute approximate surface area is 144 Å². The van der Waals surface area contributed by atoms with Gasteiger partial charge in [0.1, 0.15) is 0 Å². The number of carbonyl (C=O) groups excluding carboxylic acids is 1. The number of fused-ring (bicyclic) bond motifs is 1. The van der Waals surface area contributed by atoms with Crippen molar-refractivity contribution in [2.45, 2.75) is 0 Å². The average Bonchev–Trinajstić information content (AvgIpc) is 3.02. The van der Waals surface area contributed by atoms with Gasteiger partial charge in [-0.05, 0) is 29.8 Å². The molecular formula is C21H14ClNO. The third-order valence-corrected chi connectivity index (χ3v) is 4.42. The third-order valence-electron chi connectivity index (χ3n) is 4.09. The van der Waals surface area contributed by atoms with E-state index in [1.807, 2.05) is 72.8 Å². The van der Waals surface area contributed by atoms with Crippen LogP contribution >= 0.6 is 11.6 Å². The van der Waals surface area contributed by atoms with E-state index < -0.39 is 0 Å². The van der Waals surface area contributed by atoms with Crippen LogP contribution in [0.5, 0.6) is 0 Å². The van der Waals surface area contributed by atoms with Crippen LogP contribution in [-0.4, -0.2) is 10.5 Å². The van der Waals surface area contributed by atoms with Gasteiger partial charge in [0, 0.05) is 5.39 Å². The molecule has 0 aliphatic rings. The maximum absolute atomic E-state index is 13.2. The molecule has 24 heavy (non-hydrogen) atoms. The van der Waals surface area contributed by atoms with Crippen LogP contribution in [0.3, 0.4) is 0 Å². The molecule has 0 amide bonds. The lowest BCUT2D eigenvalue weighted by Crippen LogP contribution is -2.13. The number of carbonyl (C=O) groups is 1. The second kappa shape index (κ2) is 5.99. The van der Waals surface area contributed by atoms with Crippen LogP contribution < -0.4 is 0 Å². The molecule has 3 heteroatoms. The van der Waals surface area contributed by atoms with Gasteiger partial charge in [-0.2, -0.15) is 0 Å². The summed E-state index contributed by atoms with van der Waals surface area (Å²) in [6, 6.07) is 27.0. The number of rotatable bonds is 2. The van der Waals surface area contributed by atoms with Crippen LogP contribution in [0.25, 0.3) is 22.2 Å². The number of hydrogen-bond acceptors (Lipinski definition) is 1. The molecule has 3 aromatic carbocycles. The summed E-state index contributed by atoms with van der Waals surface area (Å²) in [5, 5.41) is 1.48. The van der Waals surface area contributed by atoms with Crippen LogP contribution in [0.15, 0.2) is 84.9 Å². The molecule has 2 nitrogen and oxygen atoms in total. The molecule has 0 bridgehead atoms. The molecule has 0 saturated carbocycles. The fraction of sp³-hybridized carbons (Fsp3) is 0. The van der Waals surface area contributed by atoms with Crippen molar-refractivity contribution in [2.24, 2.45) is 0 Å². The van der Waals surface area contributed by atoms with Gasteiger partial charge in [0.2, 0.25) is 0 Å². The molecule has 0 fully saturated rings. The van der Waals surface area contributed by atoms with Crippen molar-refractivity contribution < 1.29 is 4.79 Å². The number of halogens is 1. The largest absolute Gasteiger partial charge is 0.276 e. The van der Waals surface area contributed by atoms with Crippen molar-refractivity contribution in [3.63, 3.8) is 0 Å². The molecule has 0 N–H and O–H groups in total. The van der Waals surface area contributed by atoms with Crippen molar-refractivity contribution >= 4 is 28.4 Å². The molecular weight excluding hydrogens is 318 g/mol. The fourth-order valence-corrected chi connectivity index (χ4v) is 3.17. The first kappa shape index (κ1) is 14.7. The zero-order valence-corrected chi connectivity index (χ0v) is 13.6. The van der Waals surface area contributed by atoms with E-state index in [4.69, 9.17) is 11.6 Å². The standard InChI is InChI=1S/C21H14ClNO/c22-18-12-6-5-11-17(18)21(24)23-19-13-7-4-10-16(19)14-20(23)15-8-2-1-3-9-15/h1-14H. The van der Waals surface area contributed by atoms with Crippen molar-refractivity contribution in [3.8, 4) is 11.3 Å². The minimum absolute atomic E-state index is 0.124. The van der Waals surface area contributed by atoms with Gasteiger partial charge in [-0.1, -0.05) is 72.3 Å². The second-order valence-corrected chi connectivity index (χ2v) is 5.98. The second-order valence-electron chi connectivity index (χ2n) is 5.57. The van der Waals surface area contributed by atoms with Gasteiger partial charge in [-0.25, -0.2) is 0 Å². The van der Waals surface area contributed by atoms with Gasteiger partial charge >= 0.3 is 0 Å². The molecule has 1 aromatic heterocycles.